The van der Waals surface area contributed by atoms with Crippen LogP contribution in [0.5, 0.6) is 11.5 Å². The molecule has 4 rings (SSSR count). The number of hydrogen-bond donors (Lipinski definition) is 0. The SMILES string of the molecule is COc1ccc(OCCSc2nnc(-c3ccc(F)cc3)n2-c2ccccc2)cc1. The summed E-state index contributed by atoms with van der Waals surface area (Å²) in [7, 11) is 1.63. The maximum Gasteiger partial charge on any atom is 0.196 e. The van der Waals surface area contributed by atoms with Crippen molar-refractivity contribution >= 4 is 11.8 Å². The summed E-state index contributed by atoms with van der Waals surface area (Å²) in [6, 6.07) is 23.6. The van der Waals surface area contributed by atoms with Gasteiger partial charge in [0.1, 0.15) is 17.3 Å². The summed E-state index contributed by atoms with van der Waals surface area (Å²) < 4.78 is 26.3. The molecule has 1 heterocycles. The third-order valence-corrected chi connectivity index (χ3v) is 5.29. The molecule has 0 aliphatic carbocycles. The predicted molar refractivity (Wildman–Crippen MR) is 116 cm³/mol. The summed E-state index contributed by atoms with van der Waals surface area (Å²) in [6.07, 6.45) is 0. The first kappa shape index (κ1) is 20.0. The lowest BCUT2D eigenvalue weighted by Crippen LogP contribution is -2.03. The van der Waals surface area contributed by atoms with E-state index in [-0.39, 0.29) is 5.82 Å². The fraction of sp³-hybridized carbons (Fsp3) is 0.130. The molecule has 3 aromatic carbocycles. The van der Waals surface area contributed by atoms with Crippen LogP contribution < -0.4 is 9.47 Å². The number of aromatic nitrogens is 3. The zero-order chi connectivity index (χ0) is 20.8. The molecular formula is C23H20FN3O2S. The normalized spacial score (nSPS) is 10.7. The number of ether oxygens (including phenoxy) is 2. The molecule has 0 saturated carbocycles. The molecule has 0 aliphatic rings. The Labute approximate surface area is 178 Å². The number of para-hydroxylation sites is 1. The van der Waals surface area contributed by atoms with Gasteiger partial charge >= 0.3 is 0 Å². The maximum absolute atomic E-state index is 13.4. The Morgan fingerprint density at radius 2 is 1.57 bits per heavy atom. The number of methoxy groups -OCH3 is 1. The first-order valence-corrected chi connectivity index (χ1v) is 10.4. The van der Waals surface area contributed by atoms with Crippen LogP contribution in [0, 0.1) is 5.82 Å². The van der Waals surface area contributed by atoms with Crippen molar-refractivity contribution in [3.05, 3.63) is 84.7 Å². The van der Waals surface area contributed by atoms with Gasteiger partial charge in [-0.05, 0) is 60.7 Å². The van der Waals surface area contributed by atoms with Crippen molar-refractivity contribution in [1.82, 2.24) is 14.8 Å². The molecule has 0 aliphatic heterocycles. The van der Waals surface area contributed by atoms with Gasteiger partial charge in [-0.1, -0.05) is 30.0 Å². The molecule has 0 atom stereocenters. The van der Waals surface area contributed by atoms with E-state index in [0.717, 1.165) is 27.9 Å². The van der Waals surface area contributed by atoms with Gasteiger partial charge in [-0.15, -0.1) is 10.2 Å². The molecule has 0 spiro atoms. The highest BCUT2D eigenvalue weighted by atomic mass is 32.2. The largest absolute Gasteiger partial charge is 0.497 e. The maximum atomic E-state index is 13.4. The first-order valence-electron chi connectivity index (χ1n) is 9.41. The minimum absolute atomic E-state index is 0.283. The lowest BCUT2D eigenvalue weighted by molar-refractivity contribution is 0.342. The van der Waals surface area contributed by atoms with E-state index >= 15 is 0 Å². The van der Waals surface area contributed by atoms with Crippen LogP contribution in [-0.2, 0) is 0 Å². The van der Waals surface area contributed by atoms with Crippen LogP contribution in [0.3, 0.4) is 0 Å². The summed E-state index contributed by atoms with van der Waals surface area (Å²) in [6.45, 7) is 0.518. The Hall–Kier alpha value is -3.32. The lowest BCUT2D eigenvalue weighted by Gasteiger charge is -2.11. The van der Waals surface area contributed by atoms with Crippen molar-refractivity contribution in [3.8, 4) is 28.6 Å². The zero-order valence-corrected chi connectivity index (χ0v) is 17.2. The Kier molecular flexibility index (Phi) is 6.29. The standard InChI is InChI=1S/C23H20FN3O2S/c1-28-20-11-13-21(14-12-20)29-15-16-30-23-26-25-22(17-7-9-18(24)10-8-17)27(23)19-5-3-2-4-6-19/h2-14H,15-16H2,1H3. The smallest absolute Gasteiger partial charge is 0.196 e. The highest BCUT2D eigenvalue weighted by Crippen LogP contribution is 2.28. The molecule has 152 valence electrons. The van der Waals surface area contributed by atoms with Gasteiger partial charge in [0.05, 0.1) is 13.7 Å². The summed E-state index contributed by atoms with van der Waals surface area (Å²) in [5, 5.41) is 9.48. The number of hydrogen-bond acceptors (Lipinski definition) is 5. The Morgan fingerprint density at radius 3 is 2.27 bits per heavy atom. The quantitative estimate of drug-likeness (QED) is 0.287. The van der Waals surface area contributed by atoms with E-state index < -0.39 is 0 Å². The zero-order valence-electron chi connectivity index (χ0n) is 16.4. The second kappa shape index (κ2) is 9.45. The fourth-order valence-electron chi connectivity index (χ4n) is 2.92. The minimum atomic E-state index is -0.283. The van der Waals surface area contributed by atoms with Crippen molar-refractivity contribution in [2.75, 3.05) is 19.5 Å². The van der Waals surface area contributed by atoms with Gasteiger partial charge in [-0.25, -0.2) is 4.39 Å². The van der Waals surface area contributed by atoms with E-state index in [1.807, 2.05) is 59.2 Å². The molecule has 0 fully saturated rings. The topological polar surface area (TPSA) is 49.2 Å². The molecule has 0 saturated heterocycles. The van der Waals surface area contributed by atoms with Crippen LogP contribution in [0.1, 0.15) is 0 Å². The third-order valence-electron chi connectivity index (χ3n) is 4.39. The predicted octanol–water partition coefficient (Wildman–Crippen LogP) is 5.25. The lowest BCUT2D eigenvalue weighted by atomic mass is 10.2. The average molecular weight is 421 g/mol. The van der Waals surface area contributed by atoms with E-state index in [0.29, 0.717) is 18.2 Å². The number of benzene rings is 3. The monoisotopic (exact) mass is 421 g/mol. The van der Waals surface area contributed by atoms with Gasteiger partial charge in [0.15, 0.2) is 11.0 Å². The van der Waals surface area contributed by atoms with Crippen LogP contribution in [0.2, 0.25) is 0 Å². The highest BCUT2D eigenvalue weighted by molar-refractivity contribution is 7.99. The van der Waals surface area contributed by atoms with E-state index in [2.05, 4.69) is 10.2 Å². The van der Waals surface area contributed by atoms with Gasteiger partial charge in [-0.3, -0.25) is 4.57 Å². The molecule has 30 heavy (non-hydrogen) atoms. The minimum Gasteiger partial charge on any atom is -0.497 e. The summed E-state index contributed by atoms with van der Waals surface area (Å²) in [5.74, 6) is 2.66. The van der Waals surface area contributed by atoms with E-state index in [9.17, 15) is 4.39 Å². The van der Waals surface area contributed by atoms with Crippen molar-refractivity contribution in [2.24, 2.45) is 0 Å². The van der Waals surface area contributed by atoms with E-state index in [4.69, 9.17) is 9.47 Å². The first-order chi connectivity index (χ1) is 14.7. The molecule has 4 aromatic rings. The van der Waals surface area contributed by atoms with Gasteiger partial charge in [0.2, 0.25) is 0 Å². The fourth-order valence-corrected chi connectivity index (χ4v) is 3.69. The van der Waals surface area contributed by atoms with Crippen molar-refractivity contribution < 1.29 is 13.9 Å². The van der Waals surface area contributed by atoms with Gasteiger partial charge in [0, 0.05) is 17.0 Å². The second-order valence-corrected chi connectivity index (χ2v) is 7.42. The molecule has 1 aromatic heterocycles. The summed E-state index contributed by atoms with van der Waals surface area (Å²) >= 11 is 1.55. The van der Waals surface area contributed by atoms with Gasteiger partial charge in [0.25, 0.3) is 0 Å². The number of thioether (sulfide) groups is 1. The molecule has 0 amide bonds. The van der Waals surface area contributed by atoms with Crippen molar-refractivity contribution in [1.29, 1.82) is 0 Å². The van der Waals surface area contributed by atoms with Crippen molar-refractivity contribution in [3.63, 3.8) is 0 Å². The van der Waals surface area contributed by atoms with Crippen molar-refractivity contribution in [2.45, 2.75) is 5.16 Å². The second-order valence-electron chi connectivity index (χ2n) is 6.36. The van der Waals surface area contributed by atoms with Crippen LogP contribution in [0.25, 0.3) is 17.1 Å². The van der Waals surface area contributed by atoms with Gasteiger partial charge < -0.3 is 9.47 Å². The molecule has 0 bridgehead atoms. The average Bonchev–Trinajstić information content (AvgIpc) is 3.22. The summed E-state index contributed by atoms with van der Waals surface area (Å²) in [5.41, 5.74) is 1.74. The van der Waals surface area contributed by atoms with E-state index in [1.165, 1.54) is 12.1 Å². The molecule has 7 heteroatoms. The number of halogens is 1. The Balaban J connectivity index is 1.50. The molecule has 5 nitrogen and oxygen atoms in total. The Morgan fingerprint density at radius 1 is 0.867 bits per heavy atom. The van der Waals surface area contributed by atoms with Crippen LogP contribution in [0.4, 0.5) is 4.39 Å². The van der Waals surface area contributed by atoms with E-state index in [1.54, 1.807) is 31.0 Å². The van der Waals surface area contributed by atoms with Gasteiger partial charge in [-0.2, -0.15) is 0 Å². The van der Waals surface area contributed by atoms with Crippen LogP contribution in [-0.4, -0.2) is 34.2 Å². The van der Waals surface area contributed by atoms with Crippen LogP contribution in [0.15, 0.2) is 84.0 Å². The Bertz CT molecular complexity index is 1080. The molecular weight excluding hydrogens is 401 g/mol. The highest BCUT2D eigenvalue weighted by Gasteiger charge is 2.16. The number of nitrogens with zero attached hydrogens (tertiary/aromatic N) is 3. The molecule has 0 unspecified atom stereocenters. The summed E-state index contributed by atoms with van der Waals surface area (Å²) in [4.78, 5) is 0. The molecule has 0 N–H and O–H groups in total. The number of rotatable bonds is 8. The third kappa shape index (κ3) is 4.63. The molecule has 0 radical (unpaired) electrons. The van der Waals surface area contributed by atoms with Crippen LogP contribution >= 0.6 is 11.8 Å².